The highest BCUT2D eigenvalue weighted by atomic mass is 15.3. The lowest BCUT2D eigenvalue weighted by molar-refractivity contribution is 0.171. The molecule has 0 unspecified atom stereocenters. The number of hydrogen-bond donors (Lipinski definition) is 0. The van der Waals surface area contributed by atoms with Gasteiger partial charge < -0.3 is 14.4 Å². The van der Waals surface area contributed by atoms with E-state index in [-0.39, 0.29) is 0 Å². The van der Waals surface area contributed by atoms with Crippen molar-refractivity contribution in [1.82, 2.24) is 24.2 Å². The molecule has 7 nitrogen and oxygen atoms in total. The van der Waals surface area contributed by atoms with Gasteiger partial charge in [0.15, 0.2) is 5.82 Å². The lowest BCUT2D eigenvalue weighted by Crippen LogP contribution is -2.37. The minimum atomic E-state index is 0.672. The summed E-state index contributed by atoms with van der Waals surface area (Å²) >= 11 is 0. The van der Waals surface area contributed by atoms with E-state index in [1.807, 2.05) is 30.6 Å². The molecule has 5 heterocycles. The Hall–Kier alpha value is -3.89. The van der Waals surface area contributed by atoms with Crippen LogP contribution in [0.1, 0.15) is 37.3 Å². The fourth-order valence-electron chi connectivity index (χ4n) is 6.45. The van der Waals surface area contributed by atoms with Gasteiger partial charge in [-0.25, -0.2) is 0 Å². The van der Waals surface area contributed by atoms with Gasteiger partial charge in [-0.05, 0) is 91.7 Å². The molecule has 0 aliphatic carbocycles. The molecule has 2 saturated heterocycles. The van der Waals surface area contributed by atoms with Crippen molar-refractivity contribution in [2.45, 2.75) is 32.7 Å². The highest BCUT2D eigenvalue weighted by Gasteiger charge is 2.28. The van der Waals surface area contributed by atoms with Crippen LogP contribution in [-0.4, -0.2) is 57.0 Å². The molecular weight excluding hydrogens is 470 g/mol. The summed E-state index contributed by atoms with van der Waals surface area (Å²) < 4.78 is 4.40. The fraction of sp³-hybridized carbons (Fsp3) is 0.387. The number of benzene rings is 2. The highest BCUT2D eigenvalue weighted by Crippen LogP contribution is 2.36. The zero-order valence-electron chi connectivity index (χ0n) is 21.9. The molecule has 1 atom stereocenters. The molecule has 0 N–H and O–H groups in total. The molecule has 38 heavy (non-hydrogen) atoms. The molecule has 7 heteroatoms. The van der Waals surface area contributed by atoms with Crippen molar-refractivity contribution in [3.05, 3.63) is 72.2 Å². The van der Waals surface area contributed by atoms with E-state index < -0.39 is 0 Å². The van der Waals surface area contributed by atoms with E-state index in [1.165, 1.54) is 50.1 Å². The molecule has 2 aromatic carbocycles. The van der Waals surface area contributed by atoms with Crippen molar-refractivity contribution in [2.75, 3.05) is 37.6 Å². The van der Waals surface area contributed by atoms with Gasteiger partial charge in [0.1, 0.15) is 6.33 Å². The molecule has 0 amide bonds. The maximum atomic E-state index is 9.16. The summed E-state index contributed by atoms with van der Waals surface area (Å²) in [4.78, 5) is 5.27. The largest absolute Gasteiger partial charge is 0.371 e. The van der Waals surface area contributed by atoms with Crippen LogP contribution in [0, 0.1) is 23.2 Å². The number of hydrogen-bond acceptors (Lipinski definition) is 5. The molecular formula is C31H33N7. The molecule has 2 fully saturated rings. The van der Waals surface area contributed by atoms with E-state index in [9.17, 15) is 0 Å². The second kappa shape index (κ2) is 9.45. The Morgan fingerprint density at radius 3 is 2.63 bits per heavy atom. The van der Waals surface area contributed by atoms with Crippen LogP contribution in [0.25, 0.3) is 28.3 Å². The third-order valence-corrected chi connectivity index (χ3v) is 8.73. The average molecular weight is 504 g/mol. The number of likely N-dealkylation sites (tertiary alicyclic amines) is 1. The predicted molar refractivity (Wildman–Crippen MR) is 149 cm³/mol. The van der Waals surface area contributed by atoms with E-state index in [4.69, 9.17) is 5.26 Å². The molecule has 2 aromatic heterocycles. The Balaban J connectivity index is 1.15. The summed E-state index contributed by atoms with van der Waals surface area (Å²) in [6, 6.07) is 19.0. The first-order chi connectivity index (χ1) is 18.6. The summed E-state index contributed by atoms with van der Waals surface area (Å²) in [5, 5.41) is 17.9. The topological polar surface area (TPSA) is 65.9 Å². The Morgan fingerprint density at radius 1 is 0.974 bits per heavy atom. The van der Waals surface area contributed by atoms with Crippen molar-refractivity contribution in [2.24, 2.45) is 11.8 Å². The number of anilines is 1. The van der Waals surface area contributed by atoms with Crippen molar-refractivity contribution in [3.63, 3.8) is 0 Å². The van der Waals surface area contributed by atoms with Gasteiger partial charge >= 0.3 is 0 Å². The van der Waals surface area contributed by atoms with Crippen molar-refractivity contribution < 1.29 is 0 Å². The molecule has 7 rings (SSSR count). The summed E-state index contributed by atoms with van der Waals surface area (Å²) in [6.45, 7) is 9.21. The number of rotatable bonds is 4. The zero-order valence-corrected chi connectivity index (χ0v) is 21.9. The van der Waals surface area contributed by atoms with Crippen molar-refractivity contribution in [3.8, 4) is 34.4 Å². The van der Waals surface area contributed by atoms with Gasteiger partial charge in [0, 0.05) is 43.6 Å². The van der Waals surface area contributed by atoms with Gasteiger partial charge in [-0.3, -0.25) is 4.57 Å². The Labute approximate surface area is 223 Å². The van der Waals surface area contributed by atoms with Crippen molar-refractivity contribution in [1.29, 1.82) is 5.26 Å². The maximum absolute atomic E-state index is 9.16. The van der Waals surface area contributed by atoms with E-state index in [1.54, 1.807) is 0 Å². The normalized spacial score (nSPS) is 19.5. The standard InChI is InChI=1S/C31H33N7/c1-22-8-11-35(12-9-22)17-24-10-13-36(18-24)28-6-7-29-27(14-28)20-37-19-26(25-4-2-23(16-32)3-5-25)15-30(37)31-34-33-21-38(29)31/h2-7,14-15,19,21-22,24H,8-13,17-18,20H2,1H3/t24-/m0/s1. The molecule has 0 saturated carbocycles. The van der Waals surface area contributed by atoms with Crippen LogP contribution in [0.15, 0.2) is 61.1 Å². The van der Waals surface area contributed by atoms with Gasteiger partial charge in [0.25, 0.3) is 0 Å². The summed E-state index contributed by atoms with van der Waals surface area (Å²) in [5.41, 5.74) is 7.68. The fourth-order valence-corrected chi connectivity index (χ4v) is 6.45. The molecule has 4 aromatic rings. The number of nitrogens with zero attached hydrogens (tertiary/aromatic N) is 7. The van der Waals surface area contributed by atoms with E-state index >= 15 is 0 Å². The number of aromatic nitrogens is 4. The lowest BCUT2D eigenvalue weighted by Gasteiger charge is -2.32. The first kappa shape index (κ1) is 23.2. The van der Waals surface area contributed by atoms with Gasteiger partial charge in [-0.2, -0.15) is 5.26 Å². The zero-order chi connectivity index (χ0) is 25.6. The van der Waals surface area contributed by atoms with E-state index in [0.29, 0.717) is 5.56 Å². The quantitative estimate of drug-likeness (QED) is 0.338. The highest BCUT2D eigenvalue weighted by molar-refractivity contribution is 5.72. The van der Waals surface area contributed by atoms with Gasteiger partial charge in [-0.15, -0.1) is 10.2 Å². The lowest BCUT2D eigenvalue weighted by atomic mass is 9.98. The number of piperidine rings is 1. The molecule has 0 bridgehead atoms. The number of fused-ring (bicyclic) bond motifs is 5. The number of nitriles is 1. The molecule has 192 valence electrons. The first-order valence-electron chi connectivity index (χ1n) is 13.9. The maximum Gasteiger partial charge on any atom is 0.185 e. The van der Waals surface area contributed by atoms with Crippen LogP contribution >= 0.6 is 0 Å². The molecule has 0 spiro atoms. The SMILES string of the molecule is CC1CCN(C[C@@H]2CCN(c3ccc4c(c3)Cn3cc(-c5ccc(C#N)cc5)cc3-c3nncn3-4)C2)CC1. The summed E-state index contributed by atoms with van der Waals surface area (Å²) in [6.07, 6.45) is 7.99. The minimum Gasteiger partial charge on any atom is -0.371 e. The molecule has 3 aliphatic rings. The predicted octanol–water partition coefficient (Wildman–Crippen LogP) is 5.19. The Kier molecular flexibility index (Phi) is 5.78. The van der Waals surface area contributed by atoms with Crippen LogP contribution in [-0.2, 0) is 6.54 Å². The molecule has 3 aliphatic heterocycles. The average Bonchev–Trinajstić information content (AvgIpc) is 3.69. The van der Waals surface area contributed by atoms with Gasteiger partial charge in [0.05, 0.1) is 23.0 Å². The van der Waals surface area contributed by atoms with Crippen LogP contribution in [0.2, 0.25) is 0 Å². The van der Waals surface area contributed by atoms with Crippen LogP contribution in [0.4, 0.5) is 5.69 Å². The van der Waals surface area contributed by atoms with Crippen molar-refractivity contribution >= 4 is 5.69 Å². The Bertz CT molecular complexity index is 1500. The smallest absolute Gasteiger partial charge is 0.185 e. The Morgan fingerprint density at radius 2 is 1.82 bits per heavy atom. The first-order valence-corrected chi connectivity index (χ1v) is 13.9. The van der Waals surface area contributed by atoms with E-state index in [0.717, 1.165) is 59.8 Å². The minimum absolute atomic E-state index is 0.672. The van der Waals surface area contributed by atoms with Crippen LogP contribution in [0.3, 0.4) is 0 Å². The summed E-state index contributed by atoms with van der Waals surface area (Å²) in [5.74, 6) is 2.49. The van der Waals surface area contributed by atoms with Crippen LogP contribution < -0.4 is 4.90 Å². The second-order valence-electron chi connectivity index (χ2n) is 11.4. The second-order valence-corrected chi connectivity index (χ2v) is 11.4. The monoisotopic (exact) mass is 503 g/mol. The van der Waals surface area contributed by atoms with Gasteiger partial charge in [0.2, 0.25) is 0 Å². The summed E-state index contributed by atoms with van der Waals surface area (Å²) in [7, 11) is 0. The van der Waals surface area contributed by atoms with E-state index in [2.05, 4.69) is 72.6 Å². The van der Waals surface area contributed by atoms with Gasteiger partial charge in [-0.1, -0.05) is 19.1 Å². The van der Waals surface area contributed by atoms with Crippen LogP contribution in [0.5, 0.6) is 0 Å². The molecule has 0 radical (unpaired) electrons. The third kappa shape index (κ3) is 4.19. The third-order valence-electron chi connectivity index (χ3n) is 8.73.